The maximum Gasteiger partial charge on any atom is 0.270 e. The lowest BCUT2D eigenvalue weighted by Gasteiger charge is -2.46. The number of pyridine rings is 1. The summed E-state index contributed by atoms with van der Waals surface area (Å²) in [6.45, 7) is 2.57. The predicted octanol–water partition coefficient (Wildman–Crippen LogP) is 2.20. The van der Waals surface area contributed by atoms with E-state index in [0.29, 0.717) is 36.2 Å². The van der Waals surface area contributed by atoms with Gasteiger partial charge in [-0.2, -0.15) is 4.98 Å². The Balaban J connectivity index is 1.25. The van der Waals surface area contributed by atoms with E-state index in [4.69, 9.17) is 9.72 Å². The first-order chi connectivity index (χ1) is 18.0. The van der Waals surface area contributed by atoms with Crippen molar-refractivity contribution in [3.05, 3.63) is 41.9 Å². The molecule has 1 saturated carbocycles. The van der Waals surface area contributed by atoms with Gasteiger partial charge in [0.1, 0.15) is 17.2 Å². The molecular formula is C26H32N8O3. The van der Waals surface area contributed by atoms with Crippen molar-refractivity contribution in [1.82, 2.24) is 34.6 Å². The van der Waals surface area contributed by atoms with E-state index < -0.39 is 0 Å². The lowest BCUT2D eigenvalue weighted by molar-refractivity contribution is -0.0491. The van der Waals surface area contributed by atoms with Gasteiger partial charge in [-0.3, -0.25) is 9.59 Å². The van der Waals surface area contributed by atoms with Crippen molar-refractivity contribution in [2.45, 2.75) is 43.8 Å². The van der Waals surface area contributed by atoms with Crippen LogP contribution >= 0.6 is 0 Å². The van der Waals surface area contributed by atoms with Crippen LogP contribution in [0.5, 0.6) is 0 Å². The van der Waals surface area contributed by atoms with E-state index >= 15 is 0 Å². The van der Waals surface area contributed by atoms with Gasteiger partial charge in [-0.05, 0) is 31.0 Å². The normalized spacial score (nSPS) is 21.8. The molecule has 3 aromatic rings. The van der Waals surface area contributed by atoms with Crippen molar-refractivity contribution < 1.29 is 14.3 Å². The standard InChI is InChI=1S/C26H32N8O3/c1-32(2)25(36)21-9-17-11-29-26(31-23(17)34(21)18-5-3-4-6-18)30-22-8-7-16(10-28-22)24(35)33-19-12-27-13-20(33)15-37-14-19/h7-11,18-20,27H,3-6,12-15H2,1-2H3,(H,28,29,30,31)/t19-,20+. The van der Waals surface area contributed by atoms with Crippen LogP contribution in [-0.2, 0) is 4.74 Å². The second-order valence-electron chi connectivity index (χ2n) is 10.3. The molecule has 6 rings (SSSR count). The minimum Gasteiger partial charge on any atom is -0.377 e. The molecule has 2 atom stereocenters. The van der Waals surface area contributed by atoms with Gasteiger partial charge in [0.05, 0.1) is 30.9 Å². The third kappa shape index (κ3) is 4.42. The first-order valence-electron chi connectivity index (χ1n) is 12.9. The fraction of sp³-hybridized carbons (Fsp3) is 0.500. The van der Waals surface area contributed by atoms with Gasteiger partial charge in [0.15, 0.2) is 0 Å². The van der Waals surface area contributed by atoms with E-state index in [-0.39, 0.29) is 29.9 Å². The van der Waals surface area contributed by atoms with E-state index in [9.17, 15) is 9.59 Å². The molecule has 37 heavy (non-hydrogen) atoms. The molecule has 3 fully saturated rings. The summed E-state index contributed by atoms with van der Waals surface area (Å²) in [4.78, 5) is 43.4. The molecule has 2 saturated heterocycles. The quantitative estimate of drug-likeness (QED) is 0.543. The maximum absolute atomic E-state index is 13.2. The topological polar surface area (TPSA) is 118 Å². The summed E-state index contributed by atoms with van der Waals surface area (Å²) < 4.78 is 7.72. The Morgan fingerprint density at radius 2 is 1.81 bits per heavy atom. The average Bonchev–Trinajstić information content (AvgIpc) is 3.55. The minimum atomic E-state index is -0.0403. The van der Waals surface area contributed by atoms with Crippen LogP contribution in [0, 0.1) is 0 Å². The summed E-state index contributed by atoms with van der Waals surface area (Å²) in [5.74, 6) is 0.878. The van der Waals surface area contributed by atoms with Crippen molar-refractivity contribution >= 4 is 34.6 Å². The van der Waals surface area contributed by atoms with Gasteiger partial charge in [-0.25, -0.2) is 9.97 Å². The Kier molecular flexibility index (Phi) is 6.25. The van der Waals surface area contributed by atoms with Crippen LogP contribution in [0.15, 0.2) is 30.6 Å². The highest BCUT2D eigenvalue weighted by molar-refractivity contribution is 5.98. The summed E-state index contributed by atoms with van der Waals surface area (Å²) in [5, 5.41) is 7.37. The Hall–Kier alpha value is -3.57. The number of nitrogens with one attached hydrogen (secondary N) is 2. The number of amides is 2. The molecular weight excluding hydrogens is 472 g/mol. The lowest BCUT2D eigenvalue weighted by Crippen LogP contribution is -2.65. The number of carbonyl (C=O) groups excluding carboxylic acids is 2. The van der Waals surface area contributed by atoms with E-state index in [0.717, 1.165) is 49.8 Å². The van der Waals surface area contributed by atoms with Crippen LogP contribution in [-0.4, -0.2) is 93.6 Å². The number of piperazine rings is 1. The predicted molar refractivity (Wildman–Crippen MR) is 138 cm³/mol. The molecule has 1 aliphatic carbocycles. The molecule has 2 aliphatic heterocycles. The van der Waals surface area contributed by atoms with Crippen molar-refractivity contribution in [3.63, 3.8) is 0 Å². The number of aromatic nitrogens is 4. The van der Waals surface area contributed by atoms with Crippen LogP contribution in [0.1, 0.15) is 52.6 Å². The monoisotopic (exact) mass is 504 g/mol. The second-order valence-corrected chi connectivity index (χ2v) is 10.3. The van der Waals surface area contributed by atoms with Gasteiger partial charge in [0, 0.05) is 51.0 Å². The van der Waals surface area contributed by atoms with Crippen LogP contribution < -0.4 is 10.6 Å². The largest absolute Gasteiger partial charge is 0.377 e. The van der Waals surface area contributed by atoms with Crippen LogP contribution in [0.25, 0.3) is 11.0 Å². The van der Waals surface area contributed by atoms with E-state index in [1.807, 2.05) is 11.0 Å². The molecule has 2 N–H and O–H groups in total. The molecule has 0 spiro atoms. The Morgan fingerprint density at radius 1 is 1.05 bits per heavy atom. The number of ether oxygens (including phenoxy) is 1. The molecule has 0 unspecified atom stereocenters. The summed E-state index contributed by atoms with van der Waals surface area (Å²) in [6, 6.07) is 5.76. The molecule has 2 amide bonds. The highest BCUT2D eigenvalue weighted by atomic mass is 16.5. The molecule has 0 radical (unpaired) electrons. The smallest absolute Gasteiger partial charge is 0.270 e. The van der Waals surface area contributed by atoms with E-state index in [2.05, 4.69) is 25.2 Å². The Labute approximate surface area is 215 Å². The number of anilines is 2. The SMILES string of the molecule is CN(C)C(=O)c1cc2cnc(Nc3ccc(C(=O)N4[C@@H]5CNC[C@H]4COC5)cn3)nc2n1C1CCCC1. The van der Waals surface area contributed by atoms with Crippen molar-refractivity contribution in [2.24, 2.45) is 0 Å². The zero-order valence-electron chi connectivity index (χ0n) is 21.2. The summed E-state index contributed by atoms with van der Waals surface area (Å²) in [5.41, 5.74) is 1.93. The van der Waals surface area contributed by atoms with Gasteiger partial charge in [0.25, 0.3) is 11.8 Å². The number of rotatable bonds is 5. The van der Waals surface area contributed by atoms with Gasteiger partial charge in [0.2, 0.25) is 5.95 Å². The molecule has 11 nitrogen and oxygen atoms in total. The molecule has 3 aliphatic rings. The number of hydrogen-bond acceptors (Lipinski definition) is 8. The lowest BCUT2D eigenvalue weighted by atomic mass is 10.0. The number of morpholine rings is 1. The summed E-state index contributed by atoms with van der Waals surface area (Å²) in [6.07, 6.45) is 7.69. The fourth-order valence-corrected chi connectivity index (χ4v) is 5.71. The van der Waals surface area contributed by atoms with Gasteiger partial charge in [-0.1, -0.05) is 12.8 Å². The van der Waals surface area contributed by atoms with E-state index in [1.165, 1.54) is 0 Å². The first kappa shape index (κ1) is 23.8. The second kappa shape index (κ2) is 9.71. The zero-order valence-corrected chi connectivity index (χ0v) is 21.2. The molecule has 5 heterocycles. The van der Waals surface area contributed by atoms with Gasteiger partial charge < -0.3 is 29.7 Å². The Bertz CT molecular complexity index is 1290. The molecule has 2 bridgehead atoms. The Morgan fingerprint density at radius 3 is 2.49 bits per heavy atom. The first-order valence-corrected chi connectivity index (χ1v) is 12.9. The third-order valence-corrected chi connectivity index (χ3v) is 7.54. The molecule has 194 valence electrons. The van der Waals surface area contributed by atoms with Gasteiger partial charge >= 0.3 is 0 Å². The maximum atomic E-state index is 13.2. The number of hydrogen-bond donors (Lipinski definition) is 2. The average molecular weight is 505 g/mol. The number of nitrogens with zero attached hydrogens (tertiary/aromatic N) is 6. The number of carbonyl (C=O) groups is 2. The highest BCUT2D eigenvalue weighted by Crippen LogP contribution is 2.35. The third-order valence-electron chi connectivity index (χ3n) is 7.54. The highest BCUT2D eigenvalue weighted by Gasteiger charge is 2.38. The number of fused-ring (bicyclic) bond motifs is 3. The van der Waals surface area contributed by atoms with Crippen LogP contribution in [0.2, 0.25) is 0 Å². The summed E-state index contributed by atoms with van der Waals surface area (Å²) in [7, 11) is 3.53. The van der Waals surface area contributed by atoms with Crippen LogP contribution in [0.4, 0.5) is 11.8 Å². The minimum absolute atomic E-state index is 0.0241. The van der Waals surface area contributed by atoms with Crippen molar-refractivity contribution in [2.75, 3.05) is 45.7 Å². The fourth-order valence-electron chi connectivity index (χ4n) is 5.71. The molecule has 0 aromatic carbocycles. The summed E-state index contributed by atoms with van der Waals surface area (Å²) >= 11 is 0. The molecule has 3 aromatic heterocycles. The van der Waals surface area contributed by atoms with E-state index in [1.54, 1.807) is 43.5 Å². The van der Waals surface area contributed by atoms with Gasteiger partial charge in [-0.15, -0.1) is 0 Å². The zero-order chi connectivity index (χ0) is 25.5. The van der Waals surface area contributed by atoms with Crippen LogP contribution in [0.3, 0.4) is 0 Å². The van der Waals surface area contributed by atoms with Crippen molar-refractivity contribution in [1.29, 1.82) is 0 Å². The molecule has 11 heteroatoms. The van der Waals surface area contributed by atoms with Crippen molar-refractivity contribution in [3.8, 4) is 0 Å².